The highest BCUT2D eigenvalue weighted by Gasteiger charge is 2.24. The van der Waals surface area contributed by atoms with Crippen molar-refractivity contribution in [2.24, 2.45) is 14.1 Å². The molecule has 1 heterocycles. The summed E-state index contributed by atoms with van der Waals surface area (Å²) in [5.74, 6) is 0.526. The van der Waals surface area contributed by atoms with Gasteiger partial charge in [0.25, 0.3) is 5.56 Å². The minimum atomic E-state index is -0.295. The van der Waals surface area contributed by atoms with E-state index in [1.54, 1.807) is 13.2 Å². The zero-order chi connectivity index (χ0) is 15.0. The van der Waals surface area contributed by atoms with Gasteiger partial charge in [0.1, 0.15) is 0 Å². The second-order valence-electron chi connectivity index (χ2n) is 5.64. The molecule has 1 atom stereocenters. The minimum absolute atomic E-state index is 0.223. The molecule has 5 nitrogen and oxygen atoms in total. The van der Waals surface area contributed by atoms with Gasteiger partial charge in [0.05, 0.1) is 0 Å². The van der Waals surface area contributed by atoms with Crippen molar-refractivity contribution in [1.29, 1.82) is 0 Å². The third-order valence-electron chi connectivity index (χ3n) is 4.18. The van der Waals surface area contributed by atoms with E-state index >= 15 is 0 Å². The molecule has 1 aliphatic carbocycles. The fourth-order valence-electron chi connectivity index (χ4n) is 2.93. The summed E-state index contributed by atoms with van der Waals surface area (Å²) in [4.78, 5) is 23.6. The Bertz CT molecular complexity index is 789. The number of rotatable bonds is 4. The van der Waals surface area contributed by atoms with Crippen molar-refractivity contribution >= 4 is 0 Å². The molecule has 21 heavy (non-hydrogen) atoms. The molecule has 0 fully saturated rings. The second-order valence-corrected chi connectivity index (χ2v) is 5.64. The number of benzene rings is 1. The molecular formula is C16H19N3O2. The summed E-state index contributed by atoms with van der Waals surface area (Å²) in [6.07, 6.45) is 2.71. The summed E-state index contributed by atoms with van der Waals surface area (Å²) in [7, 11) is 3.17. The number of hydrogen-bond acceptors (Lipinski definition) is 3. The average molecular weight is 285 g/mol. The Kier molecular flexibility index (Phi) is 3.51. The van der Waals surface area contributed by atoms with Gasteiger partial charge in [-0.25, -0.2) is 4.79 Å². The summed E-state index contributed by atoms with van der Waals surface area (Å²) < 4.78 is 2.59. The molecule has 0 amide bonds. The van der Waals surface area contributed by atoms with E-state index < -0.39 is 0 Å². The monoisotopic (exact) mass is 285 g/mol. The van der Waals surface area contributed by atoms with Crippen LogP contribution in [0.15, 0.2) is 40.1 Å². The fourth-order valence-corrected chi connectivity index (χ4v) is 2.93. The molecule has 110 valence electrons. The summed E-state index contributed by atoms with van der Waals surface area (Å²) in [6.45, 7) is 1.34. The Balaban J connectivity index is 1.65. The summed E-state index contributed by atoms with van der Waals surface area (Å²) in [5, 5.41) is 3.33. The van der Waals surface area contributed by atoms with Gasteiger partial charge in [0, 0.05) is 44.9 Å². The first-order valence-corrected chi connectivity index (χ1v) is 7.12. The van der Waals surface area contributed by atoms with Crippen LogP contribution in [0.3, 0.4) is 0 Å². The van der Waals surface area contributed by atoms with Gasteiger partial charge in [-0.05, 0) is 17.5 Å². The lowest BCUT2D eigenvalue weighted by Gasteiger charge is -2.30. The molecule has 2 aromatic rings. The molecule has 0 bridgehead atoms. The van der Waals surface area contributed by atoms with Crippen LogP contribution in [0.25, 0.3) is 0 Å². The largest absolute Gasteiger partial charge is 0.330 e. The Morgan fingerprint density at radius 1 is 1.24 bits per heavy atom. The third-order valence-corrected chi connectivity index (χ3v) is 4.18. The SMILES string of the molecule is Cn1cc(CNCC2Cc3ccccc32)c(=O)n(C)c1=O. The predicted molar refractivity (Wildman–Crippen MR) is 81.5 cm³/mol. The highest BCUT2D eigenvalue weighted by molar-refractivity contribution is 5.40. The molecule has 3 rings (SSSR count). The van der Waals surface area contributed by atoms with E-state index in [1.807, 2.05) is 0 Å². The van der Waals surface area contributed by atoms with Crippen molar-refractivity contribution in [3.05, 3.63) is 68.0 Å². The Morgan fingerprint density at radius 2 is 2.00 bits per heavy atom. The van der Waals surface area contributed by atoms with Crippen molar-refractivity contribution in [3.63, 3.8) is 0 Å². The summed E-state index contributed by atoms with van der Waals surface area (Å²) in [5.41, 5.74) is 2.92. The standard InChI is InChI=1S/C16H19N3O2/c1-18-10-13(15(20)19(2)16(18)21)9-17-8-12-7-11-5-3-4-6-14(11)12/h3-6,10,12,17H,7-9H2,1-2H3. The first-order chi connectivity index (χ1) is 10.1. The normalized spacial score (nSPS) is 16.4. The molecule has 0 aliphatic heterocycles. The predicted octanol–water partition coefficient (Wildman–Crippen LogP) is 0.513. The van der Waals surface area contributed by atoms with E-state index in [-0.39, 0.29) is 11.2 Å². The fraction of sp³-hybridized carbons (Fsp3) is 0.375. The van der Waals surface area contributed by atoms with Crippen LogP contribution in [-0.4, -0.2) is 15.7 Å². The van der Waals surface area contributed by atoms with E-state index in [2.05, 4.69) is 29.6 Å². The molecule has 0 spiro atoms. The number of aromatic nitrogens is 2. The average Bonchev–Trinajstić information content (AvgIpc) is 2.46. The van der Waals surface area contributed by atoms with Crippen LogP contribution in [0.2, 0.25) is 0 Å². The van der Waals surface area contributed by atoms with E-state index in [1.165, 1.54) is 22.7 Å². The molecule has 1 unspecified atom stereocenters. The van der Waals surface area contributed by atoms with Crippen LogP contribution >= 0.6 is 0 Å². The number of nitrogens with zero attached hydrogens (tertiary/aromatic N) is 2. The van der Waals surface area contributed by atoms with Gasteiger partial charge >= 0.3 is 5.69 Å². The van der Waals surface area contributed by atoms with Crippen molar-refractivity contribution in [2.45, 2.75) is 18.9 Å². The maximum atomic E-state index is 12.0. The zero-order valence-electron chi connectivity index (χ0n) is 12.3. The molecule has 0 saturated carbocycles. The second kappa shape index (κ2) is 5.33. The number of aryl methyl sites for hydroxylation is 1. The summed E-state index contributed by atoms with van der Waals surface area (Å²) in [6, 6.07) is 8.45. The van der Waals surface area contributed by atoms with Crippen molar-refractivity contribution in [3.8, 4) is 0 Å². The molecule has 1 N–H and O–H groups in total. The van der Waals surface area contributed by atoms with Crippen LogP contribution in [-0.2, 0) is 27.1 Å². The van der Waals surface area contributed by atoms with Gasteiger partial charge in [-0.1, -0.05) is 24.3 Å². The number of nitrogens with one attached hydrogen (secondary N) is 1. The van der Waals surface area contributed by atoms with Gasteiger partial charge < -0.3 is 9.88 Å². The lowest BCUT2D eigenvalue weighted by Crippen LogP contribution is -2.40. The smallest absolute Gasteiger partial charge is 0.312 e. The minimum Gasteiger partial charge on any atom is -0.312 e. The molecular weight excluding hydrogens is 266 g/mol. The molecule has 0 saturated heterocycles. The topological polar surface area (TPSA) is 56.0 Å². The van der Waals surface area contributed by atoms with Crippen molar-refractivity contribution < 1.29 is 0 Å². The van der Waals surface area contributed by atoms with Crippen LogP contribution < -0.4 is 16.6 Å². The Hall–Kier alpha value is -2.14. The van der Waals surface area contributed by atoms with Gasteiger partial charge in [-0.3, -0.25) is 9.36 Å². The zero-order valence-corrected chi connectivity index (χ0v) is 12.3. The third kappa shape index (κ3) is 2.45. The highest BCUT2D eigenvalue weighted by atomic mass is 16.2. The van der Waals surface area contributed by atoms with Gasteiger partial charge in [-0.15, -0.1) is 0 Å². The van der Waals surface area contributed by atoms with E-state index in [0.717, 1.165) is 17.5 Å². The number of fused-ring (bicyclic) bond motifs is 1. The first-order valence-electron chi connectivity index (χ1n) is 7.12. The molecule has 1 aromatic heterocycles. The lowest BCUT2D eigenvalue weighted by molar-refractivity contribution is 0.529. The van der Waals surface area contributed by atoms with Gasteiger partial charge in [0.15, 0.2) is 0 Å². The Morgan fingerprint density at radius 3 is 2.76 bits per heavy atom. The molecule has 5 heteroatoms. The molecule has 0 radical (unpaired) electrons. The van der Waals surface area contributed by atoms with Crippen LogP contribution in [0.5, 0.6) is 0 Å². The van der Waals surface area contributed by atoms with Gasteiger partial charge in [0.2, 0.25) is 0 Å². The van der Waals surface area contributed by atoms with Crippen molar-refractivity contribution in [2.75, 3.05) is 6.54 Å². The van der Waals surface area contributed by atoms with Crippen LogP contribution in [0.4, 0.5) is 0 Å². The number of hydrogen-bond donors (Lipinski definition) is 1. The van der Waals surface area contributed by atoms with Crippen LogP contribution in [0.1, 0.15) is 22.6 Å². The molecule has 1 aliphatic rings. The maximum absolute atomic E-state index is 12.0. The van der Waals surface area contributed by atoms with Gasteiger partial charge in [-0.2, -0.15) is 0 Å². The first kappa shape index (κ1) is 13.8. The van der Waals surface area contributed by atoms with E-state index in [4.69, 9.17) is 0 Å². The summed E-state index contributed by atoms with van der Waals surface area (Å²) >= 11 is 0. The van der Waals surface area contributed by atoms with E-state index in [9.17, 15) is 9.59 Å². The van der Waals surface area contributed by atoms with Crippen LogP contribution in [0, 0.1) is 0 Å². The van der Waals surface area contributed by atoms with E-state index in [0.29, 0.717) is 18.0 Å². The molecule has 1 aromatic carbocycles. The quantitative estimate of drug-likeness (QED) is 0.891. The maximum Gasteiger partial charge on any atom is 0.330 e. The lowest BCUT2D eigenvalue weighted by atomic mass is 9.77. The Labute approximate surface area is 122 Å². The highest BCUT2D eigenvalue weighted by Crippen LogP contribution is 2.33. The van der Waals surface area contributed by atoms with Crippen molar-refractivity contribution in [1.82, 2.24) is 14.5 Å².